The number of alkyl halides is 1. The van der Waals surface area contributed by atoms with Crippen LogP contribution in [0.3, 0.4) is 0 Å². The van der Waals surface area contributed by atoms with Crippen LogP contribution in [0, 0.1) is 0 Å². The molecule has 0 N–H and O–H groups in total. The fourth-order valence-corrected chi connectivity index (χ4v) is 0.505. The van der Waals surface area contributed by atoms with Gasteiger partial charge < -0.3 is 4.42 Å². The Labute approximate surface area is 50.9 Å². The highest BCUT2D eigenvalue weighted by Gasteiger charge is 1.90. The molecule has 0 radical (unpaired) electrons. The Morgan fingerprint density at radius 1 is 1.67 bits per heavy atom. The van der Waals surface area contributed by atoms with E-state index in [0.29, 0.717) is 5.56 Å². The molecule has 1 heterocycles. The van der Waals surface area contributed by atoms with Crippen molar-refractivity contribution in [1.82, 2.24) is 0 Å². The van der Waals surface area contributed by atoms with Crippen LogP contribution in [0.15, 0.2) is 27.6 Å². The van der Waals surface area contributed by atoms with Crippen molar-refractivity contribution in [2.45, 2.75) is 6.67 Å². The third-order valence-electron chi connectivity index (χ3n) is 0.924. The molecule has 0 fully saturated rings. The maximum Gasteiger partial charge on any atom is 0.335 e. The van der Waals surface area contributed by atoms with E-state index in [9.17, 15) is 9.18 Å². The van der Waals surface area contributed by atoms with Gasteiger partial charge in [0, 0.05) is 6.07 Å². The second-order valence-corrected chi connectivity index (χ2v) is 1.59. The Morgan fingerprint density at radius 2 is 2.44 bits per heavy atom. The number of halogens is 1. The van der Waals surface area contributed by atoms with Crippen molar-refractivity contribution in [2.24, 2.45) is 0 Å². The maximum absolute atomic E-state index is 11.7. The number of rotatable bonds is 1. The molecule has 2 nitrogen and oxygen atoms in total. The molecule has 9 heavy (non-hydrogen) atoms. The molecule has 0 aliphatic rings. The molecule has 0 bridgehead atoms. The normalized spacial score (nSPS) is 9.44. The van der Waals surface area contributed by atoms with Crippen LogP contribution < -0.4 is 5.63 Å². The molecule has 1 aromatic heterocycles. The molecule has 0 spiro atoms. The van der Waals surface area contributed by atoms with E-state index in [1.807, 2.05) is 0 Å². The van der Waals surface area contributed by atoms with Gasteiger partial charge in [-0.25, -0.2) is 9.18 Å². The van der Waals surface area contributed by atoms with E-state index in [-0.39, 0.29) is 0 Å². The summed E-state index contributed by atoms with van der Waals surface area (Å²) in [4.78, 5) is 10.3. The summed E-state index contributed by atoms with van der Waals surface area (Å²) in [5, 5.41) is 0. The summed E-state index contributed by atoms with van der Waals surface area (Å²) < 4.78 is 16.1. The highest BCUT2D eigenvalue weighted by atomic mass is 19.1. The van der Waals surface area contributed by atoms with Crippen LogP contribution in [-0.2, 0) is 6.67 Å². The van der Waals surface area contributed by atoms with Crippen LogP contribution in [0.5, 0.6) is 0 Å². The predicted octanol–water partition coefficient (Wildman–Crippen LogP) is 1.11. The van der Waals surface area contributed by atoms with Crippen LogP contribution in [-0.4, -0.2) is 0 Å². The molecule has 0 amide bonds. The quantitative estimate of drug-likeness (QED) is 0.567. The first-order valence-corrected chi connectivity index (χ1v) is 2.46. The summed E-state index contributed by atoms with van der Waals surface area (Å²) in [6.07, 6.45) is 1.18. The first-order chi connectivity index (χ1) is 4.33. The van der Waals surface area contributed by atoms with Crippen LogP contribution in [0.2, 0.25) is 0 Å². The first-order valence-electron chi connectivity index (χ1n) is 2.46. The lowest BCUT2D eigenvalue weighted by Crippen LogP contribution is -1.95. The Kier molecular flexibility index (Phi) is 1.63. The van der Waals surface area contributed by atoms with Gasteiger partial charge in [-0.05, 0) is 11.6 Å². The molecule has 0 atom stereocenters. The van der Waals surface area contributed by atoms with Gasteiger partial charge in [0.1, 0.15) is 6.67 Å². The summed E-state index contributed by atoms with van der Waals surface area (Å²) in [7, 11) is 0. The summed E-state index contributed by atoms with van der Waals surface area (Å²) in [6, 6.07) is 2.54. The van der Waals surface area contributed by atoms with Gasteiger partial charge in [-0.3, -0.25) is 0 Å². The molecular weight excluding hydrogens is 123 g/mol. The average Bonchev–Trinajstić information content (AvgIpc) is 1.88. The van der Waals surface area contributed by atoms with E-state index < -0.39 is 12.3 Å². The van der Waals surface area contributed by atoms with Gasteiger partial charge in [-0.15, -0.1) is 0 Å². The lowest BCUT2D eigenvalue weighted by atomic mass is 10.3. The third-order valence-corrected chi connectivity index (χ3v) is 0.924. The molecule has 0 aliphatic heterocycles. The highest BCUT2D eigenvalue weighted by molar-refractivity contribution is 5.05. The topological polar surface area (TPSA) is 30.2 Å². The van der Waals surface area contributed by atoms with Crippen LogP contribution in [0.1, 0.15) is 5.56 Å². The summed E-state index contributed by atoms with van der Waals surface area (Å²) >= 11 is 0. The van der Waals surface area contributed by atoms with Gasteiger partial charge in [0.15, 0.2) is 0 Å². The first kappa shape index (κ1) is 6.01. The van der Waals surface area contributed by atoms with Crippen LogP contribution in [0.4, 0.5) is 4.39 Å². The van der Waals surface area contributed by atoms with Gasteiger partial charge in [0.25, 0.3) is 0 Å². The van der Waals surface area contributed by atoms with Crippen molar-refractivity contribution in [3.63, 3.8) is 0 Å². The highest BCUT2D eigenvalue weighted by Crippen LogP contribution is 1.94. The van der Waals surface area contributed by atoms with E-state index in [4.69, 9.17) is 0 Å². The second kappa shape index (κ2) is 2.44. The number of hydrogen-bond acceptors (Lipinski definition) is 2. The van der Waals surface area contributed by atoms with Crippen molar-refractivity contribution in [3.05, 3.63) is 34.4 Å². The molecular formula is C6H5FO2. The molecule has 0 saturated heterocycles. The minimum absolute atomic E-state index is 0.353. The largest absolute Gasteiger partial charge is 0.431 e. The summed E-state index contributed by atoms with van der Waals surface area (Å²) in [5.74, 6) is 0. The van der Waals surface area contributed by atoms with Crippen molar-refractivity contribution in [2.75, 3.05) is 0 Å². The zero-order chi connectivity index (χ0) is 6.69. The van der Waals surface area contributed by atoms with Crippen molar-refractivity contribution in [1.29, 1.82) is 0 Å². The third kappa shape index (κ3) is 1.38. The van der Waals surface area contributed by atoms with E-state index in [0.717, 1.165) is 6.07 Å². The van der Waals surface area contributed by atoms with E-state index >= 15 is 0 Å². The fourth-order valence-electron chi connectivity index (χ4n) is 0.505. The van der Waals surface area contributed by atoms with Gasteiger partial charge in [0.05, 0.1) is 6.26 Å². The molecule has 0 aliphatic carbocycles. The Balaban J connectivity index is 3.08. The average molecular weight is 128 g/mol. The van der Waals surface area contributed by atoms with Crippen LogP contribution >= 0.6 is 0 Å². The monoisotopic (exact) mass is 128 g/mol. The van der Waals surface area contributed by atoms with Gasteiger partial charge in [-0.1, -0.05) is 0 Å². The molecule has 0 unspecified atom stereocenters. The van der Waals surface area contributed by atoms with E-state index in [1.54, 1.807) is 0 Å². The zero-order valence-corrected chi connectivity index (χ0v) is 4.63. The molecule has 0 aromatic carbocycles. The predicted molar refractivity (Wildman–Crippen MR) is 29.8 cm³/mol. The van der Waals surface area contributed by atoms with E-state index in [1.165, 1.54) is 12.3 Å². The van der Waals surface area contributed by atoms with Gasteiger partial charge in [0.2, 0.25) is 0 Å². The molecule has 0 saturated carbocycles. The van der Waals surface area contributed by atoms with E-state index in [2.05, 4.69) is 4.42 Å². The standard InChI is InChI=1S/C6H5FO2/c7-4-5-1-2-9-6(8)3-5/h1-3H,4H2. The summed E-state index contributed by atoms with van der Waals surface area (Å²) in [6.45, 7) is -0.619. The SMILES string of the molecule is O=c1cc(CF)cco1. The van der Waals surface area contributed by atoms with Gasteiger partial charge in [-0.2, -0.15) is 0 Å². The Hall–Kier alpha value is -1.12. The smallest absolute Gasteiger partial charge is 0.335 e. The number of hydrogen-bond donors (Lipinski definition) is 0. The van der Waals surface area contributed by atoms with Gasteiger partial charge >= 0.3 is 5.63 Å². The minimum Gasteiger partial charge on any atom is -0.431 e. The Morgan fingerprint density at radius 3 is 2.89 bits per heavy atom. The minimum atomic E-state index is -0.619. The maximum atomic E-state index is 11.7. The zero-order valence-electron chi connectivity index (χ0n) is 4.63. The fraction of sp³-hybridized carbons (Fsp3) is 0.167. The van der Waals surface area contributed by atoms with Crippen LogP contribution in [0.25, 0.3) is 0 Å². The molecule has 48 valence electrons. The summed E-state index contributed by atoms with van der Waals surface area (Å²) in [5.41, 5.74) is -0.156. The molecule has 3 heteroatoms. The molecule has 1 rings (SSSR count). The van der Waals surface area contributed by atoms with Crippen molar-refractivity contribution >= 4 is 0 Å². The van der Waals surface area contributed by atoms with Crippen molar-refractivity contribution < 1.29 is 8.81 Å². The molecule has 1 aromatic rings. The second-order valence-electron chi connectivity index (χ2n) is 1.59. The lowest BCUT2D eigenvalue weighted by Gasteiger charge is -1.86. The lowest BCUT2D eigenvalue weighted by molar-refractivity contribution is 0.467. The van der Waals surface area contributed by atoms with Crippen molar-refractivity contribution in [3.8, 4) is 0 Å². The Bertz CT molecular complexity index is 241.